The highest BCUT2D eigenvalue weighted by molar-refractivity contribution is 7.50. The van der Waals surface area contributed by atoms with Crippen molar-refractivity contribution in [1.82, 2.24) is 0 Å². The third-order valence-corrected chi connectivity index (χ3v) is 9.68. The number of alkyl halides is 1. The number of aliphatic hydroxyl groups excluding tert-OH is 1. The van der Waals surface area contributed by atoms with E-state index in [0.29, 0.717) is 24.8 Å². The number of carbonyl (C=O) groups excluding carboxylic acids is 2. The molecule has 3 fully saturated rings. The average molecular weight is 469 g/mol. The summed E-state index contributed by atoms with van der Waals surface area (Å²) in [6.07, 6.45) is 3.94. The summed E-state index contributed by atoms with van der Waals surface area (Å²) in [6.45, 7) is 5.16. The molecule has 4 aliphatic rings. The third-order valence-electron chi connectivity index (χ3n) is 9.08. The fraction of sp³-hybridized carbons (Fsp3) is 0.739. The Bertz CT molecular complexity index is 971. The predicted octanol–water partition coefficient (Wildman–Crippen LogP) is 2.10. The zero-order chi connectivity index (χ0) is 23.9. The highest BCUT2D eigenvalue weighted by Crippen LogP contribution is 2.70. The van der Waals surface area contributed by atoms with E-state index in [2.05, 4.69) is 0 Å². The van der Waals surface area contributed by atoms with E-state index >= 15 is 4.39 Å². The van der Waals surface area contributed by atoms with Gasteiger partial charge in [-0.3, -0.25) is 9.59 Å². The Hall–Kier alpha value is -1.18. The number of Topliss-reactive ketones (excluding diaryl/α,β-unsaturated/α-hetero) is 1. The number of allylic oxidation sites excluding steroid dienone is 4. The Morgan fingerprint density at radius 2 is 2.03 bits per heavy atom. The molecule has 0 heterocycles. The molecule has 9 heteroatoms. The summed E-state index contributed by atoms with van der Waals surface area (Å²) in [6, 6.07) is 0. The molecule has 7 nitrogen and oxygen atoms in total. The second-order valence-electron chi connectivity index (χ2n) is 10.6. The van der Waals surface area contributed by atoms with E-state index in [4.69, 9.17) is 4.52 Å². The minimum Gasteiger partial charge on any atom is -0.779 e. The number of fused-ring (bicyclic) bond motifs is 5. The van der Waals surface area contributed by atoms with Crippen molar-refractivity contribution in [2.45, 2.75) is 63.8 Å². The molecule has 0 radical (unpaired) electrons. The minimum atomic E-state index is -4.18. The molecule has 0 saturated heterocycles. The number of carbonyl (C=O) groups is 2. The van der Waals surface area contributed by atoms with Gasteiger partial charge < -0.3 is 24.2 Å². The van der Waals surface area contributed by atoms with Gasteiger partial charge in [-0.2, -0.15) is 0 Å². The Morgan fingerprint density at radius 1 is 1.38 bits per heavy atom. The number of hydrogen-bond acceptors (Lipinski definition) is 7. The van der Waals surface area contributed by atoms with Gasteiger partial charge in [-0.25, -0.2) is 4.39 Å². The molecule has 0 aromatic rings. The van der Waals surface area contributed by atoms with Crippen LogP contribution in [-0.2, 0) is 18.7 Å². The van der Waals surface area contributed by atoms with Gasteiger partial charge in [-0.15, -0.1) is 0 Å². The highest BCUT2D eigenvalue weighted by Gasteiger charge is 2.75. The molecule has 178 valence electrons. The largest absolute Gasteiger partial charge is 0.779 e. The summed E-state index contributed by atoms with van der Waals surface area (Å²) in [5.74, 6) is -2.59. The van der Waals surface area contributed by atoms with Crippen molar-refractivity contribution in [2.24, 2.45) is 28.6 Å². The molecule has 32 heavy (non-hydrogen) atoms. The Morgan fingerprint density at radius 3 is 2.66 bits per heavy atom. The smallest absolute Gasteiger partial charge is 0.191 e. The number of hydrogen-bond donors (Lipinski definition) is 2. The normalized spacial score (nSPS) is 49.5. The summed E-state index contributed by atoms with van der Waals surface area (Å²) < 4.78 is 33.1. The summed E-state index contributed by atoms with van der Waals surface area (Å²) in [5.41, 5.74) is -5.66. The van der Waals surface area contributed by atoms with Gasteiger partial charge in [0.1, 0.15) is 19.8 Å². The molecular formula is C23H31FO7P-. The van der Waals surface area contributed by atoms with Crippen LogP contribution in [0.15, 0.2) is 23.8 Å². The molecule has 0 amide bonds. The molecule has 2 N–H and O–H groups in total. The van der Waals surface area contributed by atoms with Crippen LogP contribution < -0.4 is 4.89 Å². The predicted molar refractivity (Wildman–Crippen MR) is 112 cm³/mol. The van der Waals surface area contributed by atoms with Crippen LogP contribution in [0.4, 0.5) is 4.39 Å². The zero-order valence-electron chi connectivity index (χ0n) is 18.8. The van der Waals surface area contributed by atoms with Crippen LogP contribution in [0.3, 0.4) is 0 Å². The van der Waals surface area contributed by atoms with E-state index in [1.54, 1.807) is 26.8 Å². The second kappa shape index (κ2) is 7.16. The van der Waals surface area contributed by atoms with Crippen LogP contribution >= 0.6 is 7.60 Å². The average Bonchev–Trinajstić information content (AvgIpc) is 2.89. The zero-order valence-corrected chi connectivity index (χ0v) is 19.7. The van der Waals surface area contributed by atoms with Gasteiger partial charge >= 0.3 is 0 Å². The SMILES string of the molecule is C[C@H]1C[C@H]2[C@@H]3CCC4=CC(=O)C=C[C@]4(C)[C@@]3(F)[C@@H](O)C[C@]2(C)[C@@]1(O)C(=O)COP(C)(=O)[O-]. The molecule has 0 bridgehead atoms. The quantitative estimate of drug-likeness (QED) is 0.605. The number of aliphatic hydroxyl groups is 2. The van der Waals surface area contributed by atoms with Gasteiger partial charge in [0, 0.05) is 23.4 Å². The molecule has 0 spiro atoms. The lowest BCUT2D eigenvalue weighted by Crippen LogP contribution is -2.69. The maximum absolute atomic E-state index is 17.0. The number of halogens is 1. The van der Waals surface area contributed by atoms with Gasteiger partial charge in [0.2, 0.25) is 0 Å². The van der Waals surface area contributed by atoms with Crippen LogP contribution in [0.5, 0.6) is 0 Å². The van der Waals surface area contributed by atoms with Crippen molar-refractivity contribution < 1.29 is 38.2 Å². The molecule has 0 aromatic carbocycles. The van der Waals surface area contributed by atoms with E-state index in [0.717, 1.165) is 6.66 Å². The van der Waals surface area contributed by atoms with E-state index in [9.17, 15) is 29.3 Å². The first kappa shape index (κ1) is 24.0. The standard InChI is InChI=1S/C23H32FO7P/c1-13-9-17-16-6-5-14-10-15(25)7-8-20(14,2)22(16,24)18(26)11-21(17,3)23(13,28)19(27)12-31-32(4,29)30/h7-8,10,13,16-18,26,28H,5-6,9,11-12H2,1-4H3,(H,29,30)/p-1/t13-,16-,17-,18-,20-,21-,22-,23-/m0/s1. The second-order valence-corrected chi connectivity index (χ2v) is 12.4. The van der Waals surface area contributed by atoms with Crippen LogP contribution in [0.25, 0.3) is 0 Å². The molecule has 1 unspecified atom stereocenters. The first-order valence-corrected chi connectivity index (χ1v) is 13.1. The van der Waals surface area contributed by atoms with Crippen molar-refractivity contribution in [3.8, 4) is 0 Å². The fourth-order valence-corrected chi connectivity index (χ4v) is 7.78. The van der Waals surface area contributed by atoms with Crippen molar-refractivity contribution >= 4 is 19.2 Å². The molecule has 9 atom stereocenters. The van der Waals surface area contributed by atoms with Crippen LogP contribution in [0.1, 0.15) is 46.5 Å². The van der Waals surface area contributed by atoms with Crippen LogP contribution in [-0.4, -0.2) is 52.4 Å². The summed E-state index contributed by atoms with van der Waals surface area (Å²) in [5, 5.41) is 22.9. The van der Waals surface area contributed by atoms with E-state index < -0.39 is 65.9 Å². The van der Waals surface area contributed by atoms with Gasteiger partial charge in [0.25, 0.3) is 0 Å². The van der Waals surface area contributed by atoms with Crippen molar-refractivity contribution in [3.63, 3.8) is 0 Å². The molecular weight excluding hydrogens is 438 g/mol. The minimum absolute atomic E-state index is 0.164. The lowest BCUT2D eigenvalue weighted by molar-refractivity contribution is -0.221. The molecule has 0 aliphatic heterocycles. The molecule has 4 rings (SSSR count). The Balaban J connectivity index is 1.74. The number of rotatable bonds is 4. The van der Waals surface area contributed by atoms with Crippen molar-refractivity contribution in [2.75, 3.05) is 13.3 Å². The van der Waals surface area contributed by atoms with Crippen LogP contribution in [0.2, 0.25) is 0 Å². The maximum Gasteiger partial charge on any atom is 0.191 e. The van der Waals surface area contributed by atoms with E-state index in [1.807, 2.05) is 0 Å². The molecule has 0 aromatic heterocycles. The van der Waals surface area contributed by atoms with Crippen molar-refractivity contribution in [3.05, 3.63) is 23.8 Å². The van der Waals surface area contributed by atoms with Crippen molar-refractivity contribution in [1.29, 1.82) is 0 Å². The van der Waals surface area contributed by atoms with Gasteiger partial charge in [-0.05, 0) is 56.6 Å². The van der Waals surface area contributed by atoms with E-state index in [-0.39, 0.29) is 12.2 Å². The number of ketones is 2. The monoisotopic (exact) mass is 469 g/mol. The summed E-state index contributed by atoms with van der Waals surface area (Å²) >= 11 is 0. The van der Waals surface area contributed by atoms with Crippen LogP contribution in [0, 0.1) is 28.6 Å². The highest BCUT2D eigenvalue weighted by atomic mass is 31.2. The summed E-state index contributed by atoms with van der Waals surface area (Å²) in [7, 11) is -4.18. The Labute approximate surface area is 187 Å². The first-order valence-electron chi connectivity index (χ1n) is 11.1. The van der Waals surface area contributed by atoms with Gasteiger partial charge in [0.15, 0.2) is 17.2 Å². The topological polar surface area (TPSA) is 124 Å². The van der Waals surface area contributed by atoms with E-state index in [1.165, 1.54) is 12.2 Å². The Kier molecular flexibility index (Phi) is 5.36. The lowest BCUT2D eigenvalue weighted by Gasteiger charge is -2.62. The lowest BCUT2D eigenvalue weighted by atomic mass is 9.44. The van der Waals surface area contributed by atoms with Gasteiger partial charge in [-0.1, -0.05) is 25.5 Å². The maximum atomic E-state index is 17.0. The third kappa shape index (κ3) is 2.96. The molecule has 3 saturated carbocycles. The van der Waals surface area contributed by atoms with Gasteiger partial charge in [0.05, 0.1) is 6.10 Å². The molecule has 4 aliphatic carbocycles. The summed E-state index contributed by atoms with van der Waals surface area (Å²) in [4.78, 5) is 36.4. The fourth-order valence-electron chi connectivity index (χ4n) is 7.43. The first-order chi connectivity index (χ1) is 14.6.